The van der Waals surface area contributed by atoms with Gasteiger partial charge in [0.1, 0.15) is 11.3 Å². The topological polar surface area (TPSA) is 57.5 Å². The normalized spacial score (nSPS) is 11.5. The fraction of sp³-hybridized carbons (Fsp3) is 0.381. The Morgan fingerprint density at radius 2 is 1.75 bits per heavy atom. The summed E-state index contributed by atoms with van der Waals surface area (Å²) in [5.74, 6) is -1.27. The van der Waals surface area contributed by atoms with Crippen LogP contribution < -0.4 is 0 Å². The van der Waals surface area contributed by atoms with Gasteiger partial charge in [-0.3, -0.25) is 0 Å². The van der Waals surface area contributed by atoms with Gasteiger partial charge < -0.3 is 10.2 Å². The molecule has 0 radical (unpaired) electrons. The maximum Gasteiger partial charge on any atom is 0.339 e. The molecule has 0 fully saturated rings. The highest BCUT2D eigenvalue weighted by atomic mass is 16.4. The van der Waals surface area contributed by atoms with Crippen molar-refractivity contribution >= 4 is 5.97 Å². The standard InChI is InChI=1S/C21H26O3/c1-4-5-9-12-21(2,3)16-13-17(15-10-7-6-8-11-15)19(22)18(14-16)20(23)24/h6-8,10-11,13-14,22H,4-5,9,12H2,1-3H3,(H,23,24). The summed E-state index contributed by atoms with van der Waals surface area (Å²) in [7, 11) is 0. The maximum absolute atomic E-state index is 11.6. The van der Waals surface area contributed by atoms with Gasteiger partial charge in [-0.15, -0.1) is 0 Å². The van der Waals surface area contributed by atoms with Gasteiger partial charge in [0.25, 0.3) is 0 Å². The molecule has 3 heteroatoms. The number of aromatic hydroxyl groups is 1. The lowest BCUT2D eigenvalue weighted by molar-refractivity contribution is 0.0693. The summed E-state index contributed by atoms with van der Waals surface area (Å²) in [5.41, 5.74) is 2.18. The molecule has 0 unspecified atom stereocenters. The van der Waals surface area contributed by atoms with Gasteiger partial charge in [0.15, 0.2) is 0 Å². The smallest absolute Gasteiger partial charge is 0.339 e. The van der Waals surface area contributed by atoms with Crippen LogP contribution in [0.5, 0.6) is 5.75 Å². The molecule has 0 spiro atoms. The second-order valence-electron chi connectivity index (χ2n) is 6.93. The first-order valence-corrected chi connectivity index (χ1v) is 8.53. The first-order valence-electron chi connectivity index (χ1n) is 8.53. The SMILES string of the molecule is CCCCCC(C)(C)c1cc(C(=O)O)c(O)c(-c2ccccc2)c1. The molecule has 3 nitrogen and oxygen atoms in total. The van der Waals surface area contributed by atoms with Crippen molar-refractivity contribution in [1.29, 1.82) is 0 Å². The minimum absolute atomic E-state index is 0.0325. The van der Waals surface area contributed by atoms with Crippen LogP contribution in [0.15, 0.2) is 42.5 Å². The molecule has 0 aromatic heterocycles. The van der Waals surface area contributed by atoms with E-state index in [9.17, 15) is 15.0 Å². The van der Waals surface area contributed by atoms with E-state index >= 15 is 0 Å². The second kappa shape index (κ2) is 7.52. The molecule has 2 aromatic rings. The van der Waals surface area contributed by atoms with Crippen LogP contribution in [0.4, 0.5) is 0 Å². The van der Waals surface area contributed by atoms with Crippen molar-refractivity contribution in [3.63, 3.8) is 0 Å². The number of carboxylic acids is 1. The Hall–Kier alpha value is -2.29. The lowest BCUT2D eigenvalue weighted by atomic mass is 9.78. The Balaban J connectivity index is 2.53. The zero-order chi connectivity index (χ0) is 17.7. The van der Waals surface area contributed by atoms with Gasteiger partial charge in [-0.05, 0) is 35.1 Å². The third-order valence-corrected chi connectivity index (χ3v) is 4.61. The number of aromatic carboxylic acids is 1. The highest BCUT2D eigenvalue weighted by Gasteiger charge is 2.25. The molecule has 128 valence electrons. The van der Waals surface area contributed by atoms with E-state index in [2.05, 4.69) is 20.8 Å². The molecule has 0 bridgehead atoms. The number of hydrogen-bond donors (Lipinski definition) is 2. The van der Waals surface area contributed by atoms with E-state index in [-0.39, 0.29) is 16.7 Å². The third kappa shape index (κ3) is 3.97. The summed E-state index contributed by atoms with van der Waals surface area (Å²) in [6, 6.07) is 13.0. The van der Waals surface area contributed by atoms with E-state index in [1.165, 1.54) is 6.42 Å². The first kappa shape index (κ1) is 18.1. The highest BCUT2D eigenvalue weighted by molar-refractivity contribution is 5.94. The molecule has 2 aromatic carbocycles. The third-order valence-electron chi connectivity index (χ3n) is 4.61. The van der Waals surface area contributed by atoms with Gasteiger partial charge in [0.2, 0.25) is 0 Å². The van der Waals surface area contributed by atoms with Crippen LogP contribution in [0, 0.1) is 0 Å². The summed E-state index contributed by atoms with van der Waals surface area (Å²) in [6.07, 6.45) is 4.41. The molecule has 0 heterocycles. The van der Waals surface area contributed by atoms with Crippen LogP contribution in [-0.2, 0) is 5.41 Å². The number of unbranched alkanes of at least 4 members (excludes halogenated alkanes) is 2. The molecule has 24 heavy (non-hydrogen) atoms. The van der Waals surface area contributed by atoms with Crippen molar-refractivity contribution in [2.75, 3.05) is 0 Å². The maximum atomic E-state index is 11.6. The number of rotatable bonds is 7. The Morgan fingerprint density at radius 3 is 2.33 bits per heavy atom. The van der Waals surface area contributed by atoms with Crippen molar-refractivity contribution in [3.05, 3.63) is 53.6 Å². The number of hydrogen-bond acceptors (Lipinski definition) is 2. The molecule has 0 aliphatic carbocycles. The fourth-order valence-electron chi connectivity index (χ4n) is 2.99. The van der Waals surface area contributed by atoms with Gasteiger partial charge in [0, 0.05) is 5.56 Å². The Kier molecular flexibility index (Phi) is 5.66. The van der Waals surface area contributed by atoms with Crippen LogP contribution in [0.1, 0.15) is 62.4 Å². The van der Waals surface area contributed by atoms with E-state index in [1.807, 2.05) is 36.4 Å². The Labute approximate surface area is 144 Å². The Bertz CT molecular complexity index is 703. The predicted molar refractivity (Wildman–Crippen MR) is 97.7 cm³/mol. The summed E-state index contributed by atoms with van der Waals surface area (Å²) >= 11 is 0. The number of carboxylic acid groups (broad SMARTS) is 1. The van der Waals surface area contributed by atoms with Gasteiger partial charge >= 0.3 is 5.97 Å². The molecular weight excluding hydrogens is 300 g/mol. The Morgan fingerprint density at radius 1 is 1.08 bits per heavy atom. The summed E-state index contributed by atoms with van der Waals surface area (Å²) in [4.78, 5) is 11.6. The van der Waals surface area contributed by atoms with Gasteiger partial charge in [-0.1, -0.05) is 70.4 Å². The van der Waals surface area contributed by atoms with Gasteiger partial charge in [-0.2, -0.15) is 0 Å². The summed E-state index contributed by atoms with van der Waals surface area (Å²) < 4.78 is 0. The largest absolute Gasteiger partial charge is 0.506 e. The van der Waals surface area contributed by atoms with Crippen molar-refractivity contribution in [1.82, 2.24) is 0 Å². The first-order chi connectivity index (χ1) is 11.4. The minimum atomic E-state index is -1.10. The predicted octanol–water partition coefficient (Wildman–Crippen LogP) is 5.62. The molecule has 0 amide bonds. The van der Waals surface area contributed by atoms with E-state index in [0.717, 1.165) is 30.4 Å². The van der Waals surface area contributed by atoms with Crippen molar-refractivity contribution < 1.29 is 15.0 Å². The molecule has 2 N–H and O–H groups in total. The zero-order valence-corrected chi connectivity index (χ0v) is 14.7. The van der Waals surface area contributed by atoms with Crippen LogP contribution in [0.3, 0.4) is 0 Å². The average Bonchev–Trinajstić information content (AvgIpc) is 2.55. The molecule has 0 aliphatic heterocycles. The number of phenols is 1. The monoisotopic (exact) mass is 326 g/mol. The van der Waals surface area contributed by atoms with E-state index in [1.54, 1.807) is 6.07 Å². The summed E-state index contributed by atoms with van der Waals surface area (Å²) in [6.45, 7) is 6.44. The van der Waals surface area contributed by atoms with E-state index < -0.39 is 5.97 Å². The van der Waals surface area contributed by atoms with Gasteiger partial charge in [0.05, 0.1) is 0 Å². The quantitative estimate of drug-likeness (QED) is 0.650. The lowest BCUT2D eigenvalue weighted by Crippen LogP contribution is -2.18. The lowest BCUT2D eigenvalue weighted by Gasteiger charge is -2.27. The molecule has 0 aliphatic rings. The second-order valence-corrected chi connectivity index (χ2v) is 6.93. The molecule has 2 rings (SSSR count). The molecule has 0 saturated carbocycles. The van der Waals surface area contributed by atoms with Crippen molar-refractivity contribution in [2.24, 2.45) is 0 Å². The van der Waals surface area contributed by atoms with E-state index in [4.69, 9.17) is 0 Å². The molecular formula is C21H26O3. The fourth-order valence-corrected chi connectivity index (χ4v) is 2.99. The summed E-state index contributed by atoms with van der Waals surface area (Å²) in [5, 5.41) is 19.9. The highest BCUT2D eigenvalue weighted by Crippen LogP contribution is 2.39. The van der Waals surface area contributed by atoms with E-state index in [0.29, 0.717) is 5.56 Å². The van der Waals surface area contributed by atoms with Crippen molar-refractivity contribution in [2.45, 2.75) is 51.9 Å². The van der Waals surface area contributed by atoms with Gasteiger partial charge in [-0.25, -0.2) is 4.79 Å². The van der Waals surface area contributed by atoms with Crippen LogP contribution in [0.2, 0.25) is 0 Å². The van der Waals surface area contributed by atoms with Crippen LogP contribution in [0.25, 0.3) is 11.1 Å². The molecule has 0 atom stereocenters. The minimum Gasteiger partial charge on any atom is -0.506 e. The molecule has 0 saturated heterocycles. The average molecular weight is 326 g/mol. The van der Waals surface area contributed by atoms with Crippen LogP contribution >= 0.6 is 0 Å². The number of benzene rings is 2. The zero-order valence-electron chi connectivity index (χ0n) is 14.7. The van der Waals surface area contributed by atoms with Crippen LogP contribution in [-0.4, -0.2) is 16.2 Å². The number of carbonyl (C=O) groups is 1. The van der Waals surface area contributed by atoms with Crippen molar-refractivity contribution in [3.8, 4) is 16.9 Å².